The Balaban J connectivity index is 0.000000181. The van der Waals surface area contributed by atoms with Gasteiger partial charge in [-0.2, -0.15) is 0 Å². The van der Waals surface area contributed by atoms with Gasteiger partial charge in [0, 0.05) is 12.8 Å². The highest BCUT2D eigenvalue weighted by Crippen LogP contribution is 2.20. The molecule has 1 aliphatic carbocycles. The van der Waals surface area contributed by atoms with Crippen molar-refractivity contribution in [3.05, 3.63) is 35.9 Å². The molecule has 0 aromatic heterocycles. The normalized spacial score (nSPS) is 16.1. The largest absolute Gasteiger partial charge is 0.300 e. The standard InChI is InChI=1S/C10H14.C6H10O/c1-10(2,3)9-7-5-4-6-8-9;7-6-4-2-1-3-5-6/h4-8H,1-3H3;1-5H2. The van der Waals surface area contributed by atoms with Crippen LogP contribution in [-0.2, 0) is 10.2 Å². The maximum absolute atomic E-state index is 10.5. The van der Waals surface area contributed by atoms with E-state index in [1.807, 2.05) is 0 Å². The van der Waals surface area contributed by atoms with Gasteiger partial charge in [-0.25, -0.2) is 0 Å². The molecule has 2 rings (SSSR count). The Bertz CT molecular complexity index is 324. The molecular formula is C16H24O. The van der Waals surface area contributed by atoms with Crippen LogP contribution < -0.4 is 0 Å². The second-order valence-electron chi connectivity index (χ2n) is 5.72. The van der Waals surface area contributed by atoms with E-state index in [9.17, 15) is 4.79 Å². The molecular weight excluding hydrogens is 208 g/mol. The minimum Gasteiger partial charge on any atom is -0.300 e. The molecule has 1 fully saturated rings. The predicted octanol–water partition coefficient (Wildman–Crippen LogP) is 4.50. The van der Waals surface area contributed by atoms with Crippen LogP contribution in [0, 0.1) is 0 Å². The quantitative estimate of drug-likeness (QED) is 0.643. The SMILES string of the molecule is CC(C)(C)c1ccccc1.O=C1CCCCC1. The number of ketones is 1. The van der Waals surface area contributed by atoms with Crippen molar-refractivity contribution in [2.24, 2.45) is 0 Å². The van der Waals surface area contributed by atoms with Gasteiger partial charge in [0.2, 0.25) is 0 Å². The first-order valence-electron chi connectivity index (χ1n) is 6.57. The Morgan fingerprint density at radius 1 is 0.882 bits per heavy atom. The number of carbonyl (C=O) groups excluding carboxylic acids is 1. The number of hydrogen-bond acceptors (Lipinski definition) is 1. The van der Waals surface area contributed by atoms with E-state index in [0.29, 0.717) is 11.2 Å². The second kappa shape index (κ2) is 6.58. The first kappa shape index (κ1) is 14.0. The van der Waals surface area contributed by atoms with Gasteiger partial charge < -0.3 is 0 Å². The summed E-state index contributed by atoms with van der Waals surface area (Å²) in [5, 5.41) is 0. The fourth-order valence-electron chi connectivity index (χ4n) is 1.88. The molecule has 1 aromatic carbocycles. The Morgan fingerprint density at radius 2 is 1.41 bits per heavy atom. The van der Waals surface area contributed by atoms with Crippen molar-refractivity contribution in [3.63, 3.8) is 0 Å². The Morgan fingerprint density at radius 3 is 1.71 bits per heavy atom. The Kier molecular flexibility index (Phi) is 5.40. The molecule has 0 heterocycles. The van der Waals surface area contributed by atoms with E-state index in [4.69, 9.17) is 0 Å². The minimum absolute atomic E-state index is 0.293. The van der Waals surface area contributed by atoms with Crippen molar-refractivity contribution in [2.45, 2.75) is 58.3 Å². The van der Waals surface area contributed by atoms with Crippen LogP contribution in [0.3, 0.4) is 0 Å². The third-order valence-electron chi connectivity index (χ3n) is 3.05. The van der Waals surface area contributed by atoms with Crippen molar-refractivity contribution in [1.29, 1.82) is 0 Å². The van der Waals surface area contributed by atoms with Gasteiger partial charge in [-0.15, -0.1) is 0 Å². The van der Waals surface area contributed by atoms with Crippen LogP contribution in [0.2, 0.25) is 0 Å². The summed E-state index contributed by atoms with van der Waals surface area (Å²) in [6, 6.07) is 10.6. The van der Waals surface area contributed by atoms with Gasteiger partial charge in [0.25, 0.3) is 0 Å². The van der Waals surface area contributed by atoms with Crippen LogP contribution in [0.1, 0.15) is 58.4 Å². The van der Waals surface area contributed by atoms with Gasteiger partial charge in [-0.1, -0.05) is 57.5 Å². The molecule has 0 N–H and O–H groups in total. The Labute approximate surface area is 105 Å². The molecule has 1 nitrogen and oxygen atoms in total. The maximum Gasteiger partial charge on any atom is 0.132 e. The van der Waals surface area contributed by atoms with Crippen LogP contribution in [0.15, 0.2) is 30.3 Å². The molecule has 0 atom stereocenters. The summed E-state index contributed by atoms with van der Waals surface area (Å²) in [4.78, 5) is 10.5. The van der Waals surface area contributed by atoms with Crippen LogP contribution in [0.4, 0.5) is 0 Å². The lowest BCUT2D eigenvalue weighted by Gasteiger charge is -2.18. The number of carbonyl (C=O) groups is 1. The van der Waals surface area contributed by atoms with E-state index in [-0.39, 0.29) is 0 Å². The Hall–Kier alpha value is -1.11. The second-order valence-corrected chi connectivity index (χ2v) is 5.72. The summed E-state index contributed by atoms with van der Waals surface area (Å²) in [7, 11) is 0. The van der Waals surface area contributed by atoms with Crippen molar-refractivity contribution < 1.29 is 4.79 Å². The number of Topliss-reactive ketones (excluding diaryl/α,β-unsaturated/α-hetero) is 1. The van der Waals surface area contributed by atoms with E-state index in [0.717, 1.165) is 25.7 Å². The number of rotatable bonds is 0. The van der Waals surface area contributed by atoms with E-state index < -0.39 is 0 Å². The average molecular weight is 232 g/mol. The van der Waals surface area contributed by atoms with Gasteiger partial charge in [0.15, 0.2) is 0 Å². The number of hydrogen-bond donors (Lipinski definition) is 0. The molecule has 1 saturated carbocycles. The zero-order valence-electron chi connectivity index (χ0n) is 11.3. The van der Waals surface area contributed by atoms with Crippen molar-refractivity contribution in [1.82, 2.24) is 0 Å². The van der Waals surface area contributed by atoms with E-state index in [1.54, 1.807) is 0 Å². The average Bonchev–Trinajstić information content (AvgIpc) is 2.31. The summed E-state index contributed by atoms with van der Waals surface area (Å²) in [6.45, 7) is 6.67. The molecule has 1 aromatic rings. The third-order valence-corrected chi connectivity index (χ3v) is 3.05. The highest BCUT2D eigenvalue weighted by atomic mass is 16.1. The molecule has 0 aliphatic heterocycles. The number of benzene rings is 1. The van der Waals surface area contributed by atoms with Crippen molar-refractivity contribution in [3.8, 4) is 0 Å². The fraction of sp³-hybridized carbons (Fsp3) is 0.562. The minimum atomic E-state index is 0.293. The van der Waals surface area contributed by atoms with E-state index >= 15 is 0 Å². The lowest BCUT2D eigenvalue weighted by atomic mass is 9.87. The van der Waals surface area contributed by atoms with Gasteiger partial charge in [-0.05, 0) is 23.8 Å². The molecule has 0 radical (unpaired) electrons. The highest BCUT2D eigenvalue weighted by molar-refractivity contribution is 5.78. The van der Waals surface area contributed by atoms with Crippen LogP contribution in [0.25, 0.3) is 0 Å². The molecule has 1 heteroatoms. The van der Waals surface area contributed by atoms with Gasteiger partial charge in [-0.3, -0.25) is 4.79 Å². The first-order valence-corrected chi connectivity index (χ1v) is 6.57. The van der Waals surface area contributed by atoms with E-state index in [2.05, 4.69) is 51.1 Å². The molecule has 17 heavy (non-hydrogen) atoms. The summed E-state index contributed by atoms with van der Waals surface area (Å²) in [5.74, 6) is 0.464. The van der Waals surface area contributed by atoms with Gasteiger partial charge in [0.05, 0.1) is 0 Å². The zero-order valence-corrected chi connectivity index (χ0v) is 11.3. The molecule has 94 valence electrons. The lowest BCUT2D eigenvalue weighted by molar-refractivity contribution is -0.120. The molecule has 1 aliphatic rings. The summed E-state index contributed by atoms with van der Waals surface area (Å²) in [5.41, 5.74) is 1.69. The van der Waals surface area contributed by atoms with Crippen LogP contribution >= 0.6 is 0 Å². The molecule has 0 bridgehead atoms. The molecule has 0 saturated heterocycles. The van der Waals surface area contributed by atoms with Gasteiger partial charge >= 0.3 is 0 Å². The summed E-state index contributed by atoms with van der Waals surface area (Å²) in [6.07, 6.45) is 5.24. The third kappa shape index (κ3) is 5.67. The highest BCUT2D eigenvalue weighted by Gasteiger charge is 2.11. The fourth-order valence-corrected chi connectivity index (χ4v) is 1.88. The lowest BCUT2D eigenvalue weighted by Crippen LogP contribution is -2.10. The van der Waals surface area contributed by atoms with Crippen LogP contribution in [-0.4, -0.2) is 5.78 Å². The van der Waals surface area contributed by atoms with Crippen molar-refractivity contribution in [2.75, 3.05) is 0 Å². The zero-order chi connectivity index (χ0) is 12.7. The maximum atomic E-state index is 10.5. The molecule has 0 unspecified atom stereocenters. The summed E-state index contributed by atoms with van der Waals surface area (Å²) < 4.78 is 0. The van der Waals surface area contributed by atoms with Crippen molar-refractivity contribution >= 4 is 5.78 Å². The first-order chi connectivity index (χ1) is 8.00. The molecule has 0 amide bonds. The summed E-state index contributed by atoms with van der Waals surface area (Å²) >= 11 is 0. The van der Waals surface area contributed by atoms with E-state index in [1.165, 1.54) is 12.0 Å². The predicted molar refractivity (Wildman–Crippen MR) is 73.2 cm³/mol. The monoisotopic (exact) mass is 232 g/mol. The van der Waals surface area contributed by atoms with Gasteiger partial charge in [0.1, 0.15) is 5.78 Å². The topological polar surface area (TPSA) is 17.1 Å². The molecule has 0 spiro atoms. The van der Waals surface area contributed by atoms with Crippen LogP contribution in [0.5, 0.6) is 0 Å². The smallest absolute Gasteiger partial charge is 0.132 e.